The van der Waals surface area contributed by atoms with Gasteiger partial charge in [0.15, 0.2) is 0 Å². The molecule has 7 nitrogen and oxygen atoms in total. The average Bonchev–Trinajstić information content (AvgIpc) is 2.64. The van der Waals surface area contributed by atoms with Gasteiger partial charge >= 0.3 is 0 Å². The summed E-state index contributed by atoms with van der Waals surface area (Å²) < 4.78 is 33.1. The number of hydrogen-bond acceptors (Lipinski definition) is 5. The van der Waals surface area contributed by atoms with Gasteiger partial charge in [-0.2, -0.15) is 4.31 Å². The lowest BCUT2D eigenvalue weighted by Crippen LogP contribution is -2.55. The molecule has 2 N–H and O–H groups in total. The van der Waals surface area contributed by atoms with Gasteiger partial charge in [0.25, 0.3) is 0 Å². The van der Waals surface area contributed by atoms with Gasteiger partial charge in [0.1, 0.15) is 6.04 Å². The molecule has 0 saturated carbocycles. The van der Waals surface area contributed by atoms with E-state index in [9.17, 15) is 13.2 Å². The summed E-state index contributed by atoms with van der Waals surface area (Å²) in [5.74, 6) is -0.205. The van der Waals surface area contributed by atoms with Gasteiger partial charge in [0.2, 0.25) is 15.9 Å². The summed E-state index contributed by atoms with van der Waals surface area (Å²) in [7, 11) is -2.13. The van der Waals surface area contributed by atoms with Crippen molar-refractivity contribution in [1.82, 2.24) is 9.21 Å². The number of carbonyl (C=O) groups is 1. The molecule has 1 unspecified atom stereocenters. The molecule has 1 aliphatic rings. The lowest BCUT2D eigenvalue weighted by molar-refractivity contribution is -0.134. The average molecular weight is 398 g/mol. The van der Waals surface area contributed by atoms with Crippen molar-refractivity contribution < 1.29 is 17.9 Å². The minimum atomic E-state index is -3.63. The molecule has 0 aliphatic carbocycles. The highest BCUT2D eigenvalue weighted by atomic mass is 32.2. The van der Waals surface area contributed by atoms with Crippen molar-refractivity contribution in [2.75, 3.05) is 39.9 Å². The van der Waals surface area contributed by atoms with E-state index in [1.807, 2.05) is 34.6 Å². The van der Waals surface area contributed by atoms with E-state index in [0.717, 1.165) is 27.8 Å². The van der Waals surface area contributed by atoms with Crippen molar-refractivity contribution in [2.24, 2.45) is 5.73 Å². The number of carbonyl (C=O) groups excluding carboxylic acids is 1. The van der Waals surface area contributed by atoms with Gasteiger partial charge in [-0.1, -0.05) is 0 Å². The Kier molecular flexibility index (Phi) is 6.68. The molecule has 1 atom stereocenters. The Balaban J connectivity index is 2.25. The van der Waals surface area contributed by atoms with Crippen LogP contribution in [0.1, 0.15) is 27.8 Å². The minimum absolute atomic E-state index is 0.150. The first-order valence-electron chi connectivity index (χ1n) is 9.14. The number of amides is 1. The monoisotopic (exact) mass is 397 g/mol. The first-order valence-corrected chi connectivity index (χ1v) is 10.6. The molecule has 1 heterocycles. The van der Waals surface area contributed by atoms with Crippen LogP contribution >= 0.6 is 0 Å². The molecule has 0 aromatic heterocycles. The van der Waals surface area contributed by atoms with Crippen molar-refractivity contribution in [3.63, 3.8) is 0 Å². The molecule has 27 heavy (non-hydrogen) atoms. The van der Waals surface area contributed by atoms with Crippen LogP contribution < -0.4 is 5.73 Å². The molecular formula is C19H31N3O4S. The van der Waals surface area contributed by atoms with Crippen molar-refractivity contribution in [2.45, 2.75) is 45.6 Å². The number of benzene rings is 1. The molecule has 0 radical (unpaired) electrons. The summed E-state index contributed by atoms with van der Waals surface area (Å²) in [5.41, 5.74) is 10.6. The van der Waals surface area contributed by atoms with Crippen LogP contribution in [0.2, 0.25) is 0 Å². The molecule has 1 aliphatic heterocycles. The minimum Gasteiger partial charge on any atom is -0.383 e. The predicted molar refractivity (Wildman–Crippen MR) is 105 cm³/mol. The fraction of sp³-hybridized carbons (Fsp3) is 0.632. The summed E-state index contributed by atoms with van der Waals surface area (Å²) >= 11 is 0. The number of ether oxygens (including phenoxy) is 1. The van der Waals surface area contributed by atoms with Gasteiger partial charge in [0, 0.05) is 33.3 Å². The molecule has 8 heteroatoms. The Morgan fingerprint density at radius 3 is 1.85 bits per heavy atom. The first kappa shape index (κ1) is 21.8. The fourth-order valence-corrected chi connectivity index (χ4v) is 5.60. The quantitative estimate of drug-likeness (QED) is 0.801. The molecule has 1 amide bonds. The lowest BCUT2D eigenvalue weighted by Gasteiger charge is -2.36. The van der Waals surface area contributed by atoms with Crippen molar-refractivity contribution in [3.8, 4) is 0 Å². The Morgan fingerprint density at radius 2 is 1.41 bits per heavy atom. The van der Waals surface area contributed by atoms with E-state index in [4.69, 9.17) is 10.5 Å². The van der Waals surface area contributed by atoms with Crippen LogP contribution in [0, 0.1) is 34.6 Å². The summed E-state index contributed by atoms with van der Waals surface area (Å²) in [5, 5.41) is 0. The molecule has 1 fully saturated rings. The second-order valence-electron chi connectivity index (χ2n) is 7.25. The highest BCUT2D eigenvalue weighted by Gasteiger charge is 2.34. The SMILES string of the molecule is COCC(N)C(=O)N1CCN(S(=O)(=O)c2c(C)c(C)c(C)c(C)c2C)CC1. The topological polar surface area (TPSA) is 92.9 Å². The summed E-state index contributed by atoms with van der Waals surface area (Å²) in [6.07, 6.45) is 0. The standard InChI is InChI=1S/C19H31N3O4S/c1-12-13(2)15(4)18(16(5)14(12)3)27(24,25)22-9-7-21(8-10-22)19(23)17(20)11-26-6/h17H,7-11,20H2,1-6H3. The van der Waals surface area contributed by atoms with Crippen LogP contribution in [0.4, 0.5) is 0 Å². The maximum atomic E-state index is 13.3. The van der Waals surface area contributed by atoms with E-state index in [1.54, 1.807) is 4.90 Å². The van der Waals surface area contributed by atoms with Crippen molar-refractivity contribution >= 4 is 15.9 Å². The molecule has 1 aromatic rings. The number of nitrogens with zero attached hydrogens (tertiary/aromatic N) is 2. The van der Waals surface area contributed by atoms with Crippen LogP contribution in [0.3, 0.4) is 0 Å². The summed E-state index contributed by atoms with van der Waals surface area (Å²) in [6.45, 7) is 11.0. The zero-order valence-electron chi connectivity index (χ0n) is 17.1. The molecule has 1 aromatic carbocycles. The maximum Gasteiger partial charge on any atom is 0.243 e. The van der Waals surface area contributed by atoms with Crippen LogP contribution in [-0.2, 0) is 19.6 Å². The van der Waals surface area contributed by atoms with Crippen molar-refractivity contribution in [3.05, 3.63) is 27.8 Å². The maximum absolute atomic E-state index is 13.3. The molecule has 0 spiro atoms. The molecule has 1 saturated heterocycles. The van der Waals surface area contributed by atoms with E-state index in [0.29, 0.717) is 18.0 Å². The zero-order chi connectivity index (χ0) is 20.5. The van der Waals surface area contributed by atoms with Crippen LogP contribution in [-0.4, -0.2) is 69.5 Å². The lowest BCUT2D eigenvalue weighted by atomic mass is 9.95. The van der Waals surface area contributed by atoms with E-state index in [-0.39, 0.29) is 25.6 Å². The third-order valence-electron chi connectivity index (χ3n) is 5.74. The number of hydrogen-bond donors (Lipinski definition) is 1. The van der Waals surface area contributed by atoms with Crippen LogP contribution in [0.5, 0.6) is 0 Å². The van der Waals surface area contributed by atoms with Gasteiger partial charge in [-0.15, -0.1) is 0 Å². The smallest absolute Gasteiger partial charge is 0.243 e. The van der Waals surface area contributed by atoms with Gasteiger partial charge in [-0.05, 0) is 62.4 Å². The van der Waals surface area contributed by atoms with Crippen molar-refractivity contribution in [1.29, 1.82) is 0 Å². The number of piperazine rings is 1. The molecule has 0 bridgehead atoms. The van der Waals surface area contributed by atoms with E-state index >= 15 is 0 Å². The van der Waals surface area contributed by atoms with E-state index < -0.39 is 16.1 Å². The largest absolute Gasteiger partial charge is 0.383 e. The number of rotatable bonds is 5. The number of sulfonamides is 1. The highest BCUT2D eigenvalue weighted by Crippen LogP contribution is 2.31. The Bertz CT molecular complexity index is 799. The first-order chi connectivity index (χ1) is 12.5. The van der Waals surface area contributed by atoms with Crippen LogP contribution in [0.15, 0.2) is 4.90 Å². The molecule has 152 valence electrons. The summed E-state index contributed by atoms with van der Waals surface area (Å²) in [6, 6.07) is -0.718. The number of methoxy groups -OCH3 is 1. The van der Waals surface area contributed by atoms with Gasteiger partial charge in [0.05, 0.1) is 11.5 Å². The fourth-order valence-electron chi connectivity index (χ4n) is 3.62. The second-order valence-corrected chi connectivity index (χ2v) is 9.12. The Labute approximate surface area is 162 Å². The summed E-state index contributed by atoms with van der Waals surface area (Å²) in [4.78, 5) is 14.3. The van der Waals surface area contributed by atoms with Crippen LogP contribution in [0.25, 0.3) is 0 Å². The molecule has 2 rings (SSSR count). The Hall–Kier alpha value is -1.48. The highest BCUT2D eigenvalue weighted by molar-refractivity contribution is 7.89. The normalized spacial score (nSPS) is 17.2. The Morgan fingerprint density at radius 1 is 0.963 bits per heavy atom. The third kappa shape index (κ3) is 4.03. The third-order valence-corrected chi connectivity index (χ3v) is 7.92. The zero-order valence-corrected chi connectivity index (χ0v) is 17.9. The van der Waals surface area contributed by atoms with Gasteiger partial charge in [-0.25, -0.2) is 8.42 Å². The molecular weight excluding hydrogens is 366 g/mol. The predicted octanol–water partition coefficient (Wildman–Crippen LogP) is 1.04. The van der Waals surface area contributed by atoms with Gasteiger partial charge < -0.3 is 15.4 Å². The van der Waals surface area contributed by atoms with E-state index in [1.165, 1.54) is 11.4 Å². The number of nitrogens with two attached hydrogens (primary N) is 1. The van der Waals surface area contributed by atoms with E-state index in [2.05, 4.69) is 0 Å². The van der Waals surface area contributed by atoms with Gasteiger partial charge in [-0.3, -0.25) is 4.79 Å². The second kappa shape index (κ2) is 8.26.